The summed E-state index contributed by atoms with van der Waals surface area (Å²) in [6, 6.07) is 3.41. The number of aromatic nitrogens is 1. The van der Waals surface area contributed by atoms with Gasteiger partial charge >= 0.3 is 0 Å². The maximum absolute atomic E-state index is 11.8. The highest BCUT2D eigenvalue weighted by Crippen LogP contribution is 2.37. The number of guanidine groups is 1. The molecule has 0 saturated heterocycles. The first-order valence-electron chi connectivity index (χ1n) is 6.35. The third kappa shape index (κ3) is 3.23. The molecule has 1 amide bonds. The molecule has 0 aliphatic rings. The van der Waals surface area contributed by atoms with E-state index in [2.05, 4.69) is 10.5 Å². The molecule has 0 atom stereocenters. The van der Waals surface area contributed by atoms with Gasteiger partial charge < -0.3 is 10.3 Å². The summed E-state index contributed by atoms with van der Waals surface area (Å²) in [6.07, 6.45) is -0.0888. The zero-order chi connectivity index (χ0) is 16.4. The molecule has 0 aliphatic heterocycles. The van der Waals surface area contributed by atoms with Gasteiger partial charge in [0.25, 0.3) is 0 Å². The fourth-order valence-corrected chi connectivity index (χ4v) is 2.77. The van der Waals surface area contributed by atoms with Gasteiger partial charge in [-0.2, -0.15) is 0 Å². The van der Waals surface area contributed by atoms with E-state index in [0.29, 0.717) is 32.6 Å². The van der Waals surface area contributed by atoms with Crippen LogP contribution >= 0.6 is 23.2 Å². The van der Waals surface area contributed by atoms with Crippen molar-refractivity contribution in [2.45, 2.75) is 20.3 Å². The average molecular weight is 341 g/mol. The number of rotatable bonds is 3. The van der Waals surface area contributed by atoms with Crippen molar-refractivity contribution in [3.8, 4) is 11.1 Å². The van der Waals surface area contributed by atoms with Crippen LogP contribution < -0.4 is 11.1 Å². The summed E-state index contributed by atoms with van der Waals surface area (Å²) in [7, 11) is 0. The Balaban J connectivity index is 2.46. The molecule has 0 spiro atoms. The molecule has 22 heavy (non-hydrogen) atoms. The molecule has 0 bridgehead atoms. The Bertz CT molecular complexity index is 736. The molecule has 2 rings (SSSR count). The fraction of sp³-hybridized carbons (Fsp3) is 0.214. The van der Waals surface area contributed by atoms with Crippen molar-refractivity contribution in [3.05, 3.63) is 39.2 Å². The molecule has 1 aromatic heterocycles. The van der Waals surface area contributed by atoms with E-state index >= 15 is 0 Å². The minimum absolute atomic E-state index is 0.0888. The monoisotopic (exact) mass is 340 g/mol. The topological polar surface area (TPSA) is 105 Å². The smallest absolute Gasteiger partial charge is 0.231 e. The predicted octanol–water partition coefficient (Wildman–Crippen LogP) is 2.82. The SMILES string of the molecule is Cc1noc(C)c1-c1ccc(Cl)c(CC(=O)NC(=N)N)c1Cl. The predicted molar refractivity (Wildman–Crippen MR) is 85.2 cm³/mol. The molecule has 0 radical (unpaired) electrons. The lowest BCUT2D eigenvalue weighted by Crippen LogP contribution is -2.36. The highest BCUT2D eigenvalue weighted by Gasteiger charge is 2.20. The number of halogens is 2. The summed E-state index contributed by atoms with van der Waals surface area (Å²) in [4.78, 5) is 11.8. The summed E-state index contributed by atoms with van der Waals surface area (Å²) in [5, 5.41) is 13.9. The van der Waals surface area contributed by atoms with Crippen LogP contribution in [0.2, 0.25) is 10.0 Å². The van der Waals surface area contributed by atoms with E-state index in [1.165, 1.54) is 0 Å². The molecular formula is C14H14Cl2N4O2. The standard InChI is InChI=1S/C14H14Cl2N4O2/c1-6-12(7(2)22-20-6)8-3-4-10(15)9(13(8)16)5-11(21)19-14(17)18/h3-4H,5H2,1-2H3,(H4,17,18,19,21). The number of carbonyl (C=O) groups excluding carboxylic acids is 1. The first-order chi connectivity index (χ1) is 10.3. The summed E-state index contributed by atoms with van der Waals surface area (Å²) in [6.45, 7) is 3.58. The number of amides is 1. The normalized spacial score (nSPS) is 10.5. The quantitative estimate of drug-likeness (QED) is 0.590. The van der Waals surface area contributed by atoms with Crippen LogP contribution in [0.15, 0.2) is 16.7 Å². The molecule has 0 unspecified atom stereocenters. The van der Waals surface area contributed by atoms with Crippen molar-refractivity contribution in [1.29, 1.82) is 5.41 Å². The Labute approximate surface area is 137 Å². The average Bonchev–Trinajstić information content (AvgIpc) is 2.74. The first kappa shape index (κ1) is 16.3. The van der Waals surface area contributed by atoms with Gasteiger partial charge in [-0.15, -0.1) is 0 Å². The van der Waals surface area contributed by atoms with Gasteiger partial charge in [-0.1, -0.05) is 34.4 Å². The second-order valence-electron chi connectivity index (χ2n) is 4.73. The largest absolute Gasteiger partial charge is 0.370 e. The Hall–Kier alpha value is -2.05. The summed E-state index contributed by atoms with van der Waals surface area (Å²) < 4.78 is 5.14. The zero-order valence-corrected chi connectivity index (χ0v) is 13.5. The molecular weight excluding hydrogens is 327 g/mol. The number of nitrogens with zero attached hydrogens (tertiary/aromatic N) is 1. The highest BCUT2D eigenvalue weighted by atomic mass is 35.5. The van der Waals surface area contributed by atoms with Crippen LogP contribution in [0.1, 0.15) is 17.0 Å². The van der Waals surface area contributed by atoms with Gasteiger partial charge in [0, 0.05) is 16.1 Å². The molecule has 6 nitrogen and oxygen atoms in total. The van der Waals surface area contributed by atoms with E-state index in [-0.39, 0.29) is 6.42 Å². The van der Waals surface area contributed by atoms with Crippen molar-refractivity contribution in [3.63, 3.8) is 0 Å². The number of hydrogen-bond donors (Lipinski definition) is 3. The van der Waals surface area contributed by atoms with Crippen LogP contribution in [-0.2, 0) is 11.2 Å². The van der Waals surface area contributed by atoms with Crippen LogP contribution in [0.25, 0.3) is 11.1 Å². The Morgan fingerprint density at radius 2 is 2.09 bits per heavy atom. The second kappa shape index (κ2) is 6.37. The lowest BCUT2D eigenvalue weighted by molar-refractivity contribution is -0.119. The molecule has 116 valence electrons. The van der Waals surface area contributed by atoms with Gasteiger partial charge in [-0.25, -0.2) is 0 Å². The molecule has 0 aliphatic carbocycles. The minimum atomic E-state index is -0.466. The van der Waals surface area contributed by atoms with Crippen LogP contribution in [0.5, 0.6) is 0 Å². The van der Waals surface area contributed by atoms with E-state index in [1.54, 1.807) is 26.0 Å². The fourth-order valence-electron chi connectivity index (χ4n) is 2.18. The molecule has 1 aromatic carbocycles. The van der Waals surface area contributed by atoms with Gasteiger partial charge in [0.05, 0.1) is 17.1 Å². The number of hydrogen-bond acceptors (Lipinski definition) is 4. The van der Waals surface area contributed by atoms with E-state index < -0.39 is 11.9 Å². The Morgan fingerprint density at radius 3 is 2.64 bits per heavy atom. The van der Waals surface area contributed by atoms with E-state index in [0.717, 1.165) is 5.56 Å². The Morgan fingerprint density at radius 1 is 1.41 bits per heavy atom. The summed E-state index contributed by atoms with van der Waals surface area (Å²) in [5.74, 6) is -0.271. The second-order valence-corrected chi connectivity index (χ2v) is 5.51. The molecule has 0 saturated carbocycles. The molecule has 8 heteroatoms. The lowest BCUT2D eigenvalue weighted by atomic mass is 10.00. The number of aryl methyl sites for hydroxylation is 2. The van der Waals surface area contributed by atoms with E-state index in [4.69, 9.17) is 38.9 Å². The van der Waals surface area contributed by atoms with E-state index in [1.807, 2.05) is 0 Å². The van der Waals surface area contributed by atoms with Gasteiger partial charge in [-0.05, 0) is 25.5 Å². The van der Waals surface area contributed by atoms with Gasteiger partial charge in [0.15, 0.2) is 5.96 Å². The molecule has 2 aromatic rings. The number of benzene rings is 1. The van der Waals surface area contributed by atoms with Crippen molar-refractivity contribution in [2.75, 3.05) is 0 Å². The van der Waals surface area contributed by atoms with Crippen LogP contribution in [0.3, 0.4) is 0 Å². The van der Waals surface area contributed by atoms with Crippen molar-refractivity contribution >= 4 is 35.1 Å². The van der Waals surface area contributed by atoms with Crippen molar-refractivity contribution in [1.82, 2.24) is 10.5 Å². The highest BCUT2D eigenvalue weighted by molar-refractivity contribution is 6.38. The van der Waals surface area contributed by atoms with Crippen molar-refractivity contribution < 1.29 is 9.32 Å². The maximum atomic E-state index is 11.8. The van der Waals surface area contributed by atoms with Gasteiger partial charge in [0.2, 0.25) is 5.91 Å². The van der Waals surface area contributed by atoms with Gasteiger partial charge in [0.1, 0.15) is 5.76 Å². The van der Waals surface area contributed by atoms with Crippen molar-refractivity contribution in [2.24, 2.45) is 5.73 Å². The van der Waals surface area contributed by atoms with Crippen LogP contribution in [0, 0.1) is 19.3 Å². The third-order valence-corrected chi connectivity index (χ3v) is 3.89. The molecule has 1 heterocycles. The zero-order valence-electron chi connectivity index (χ0n) is 12.0. The third-order valence-electron chi connectivity index (χ3n) is 3.10. The Kier molecular flexibility index (Phi) is 4.73. The number of carbonyl (C=O) groups is 1. The van der Waals surface area contributed by atoms with Crippen LogP contribution in [0.4, 0.5) is 0 Å². The first-order valence-corrected chi connectivity index (χ1v) is 7.10. The molecule has 4 N–H and O–H groups in total. The maximum Gasteiger partial charge on any atom is 0.231 e. The van der Waals surface area contributed by atoms with Gasteiger partial charge in [-0.3, -0.25) is 15.5 Å². The van der Waals surface area contributed by atoms with Crippen LogP contribution in [-0.4, -0.2) is 17.0 Å². The lowest BCUT2D eigenvalue weighted by Gasteiger charge is -2.11. The minimum Gasteiger partial charge on any atom is -0.370 e. The number of nitrogens with one attached hydrogen (secondary N) is 2. The summed E-state index contributed by atoms with van der Waals surface area (Å²) >= 11 is 12.5. The molecule has 0 fully saturated rings. The summed E-state index contributed by atoms with van der Waals surface area (Å²) in [5.41, 5.74) is 7.75. The number of nitrogens with two attached hydrogens (primary N) is 1. The van der Waals surface area contributed by atoms with E-state index in [9.17, 15) is 4.79 Å².